The van der Waals surface area contributed by atoms with Gasteiger partial charge in [0, 0.05) is 19.3 Å². The van der Waals surface area contributed by atoms with Crippen molar-refractivity contribution < 1.29 is 9.90 Å². The molecule has 2 heterocycles. The van der Waals surface area contributed by atoms with Crippen LogP contribution < -0.4 is 4.90 Å². The molecule has 5 nitrogen and oxygen atoms in total. The van der Waals surface area contributed by atoms with E-state index in [9.17, 15) is 4.79 Å². The zero-order valence-electron chi connectivity index (χ0n) is 12.5. The van der Waals surface area contributed by atoms with Gasteiger partial charge < -0.3 is 10.0 Å². The van der Waals surface area contributed by atoms with Crippen LogP contribution in [-0.4, -0.2) is 34.1 Å². The van der Waals surface area contributed by atoms with Crippen LogP contribution in [0.1, 0.15) is 50.5 Å². The number of carboxylic acid groups (broad SMARTS) is 1. The van der Waals surface area contributed by atoms with Crippen LogP contribution in [0.4, 0.5) is 5.95 Å². The lowest BCUT2D eigenvalue weighted by Gasteiger charge is -2.29. The summed E-state index contributed by atoms with van der Waals surface area (Å²) >= 11 is 0. The van der Waals surface area contributed by atoms with Gasteiger partial charge in [0.15, 0.2) is 5.69 Å². The molecule has 110 valence electrons. The fourth-order valence-electron chi connectivity index (χ4n) is 2.78. The highest BCUT2D eigenvalue weighted by molar-refractivity contribution is 5.85. The van der Waals surface area contributed by atoms with E-state index in [0.717, 1.165) is 25.9 Å². The Kier molecular flexibility index (Phi) is 4.26. The van der Waals surface area contributed by atoms with E-state index in [0.29, 0.717) is 17.3 Å². The molecular formula is C15H23N3O2. The van der Waals surface area contributed by atoms with Crippen LogP contribution in [0.3, 0.4) is 0 Å². The second-order valence-electron chi connectivity index (χ2n) is 6.53. The lowest BCUT2D eigenvalue weighted by molar-refractivity contribution is 0.0690. The third-order valence-electron chi connectivity index (χ3n) is 4.10. The van der Waals surface area contributed by atoms with Gasteiger partial charge in [-0.05, 0) is 36.7 Å². The van der Waals surface area contributed by atoms with Crippen molar-refractivity contribution in [2.24, 2.45) is 11.3 Å². The maximum Gasteiger partial charge on any atom is 0.354 e. The molecular weight excluding hydrogens is 254 g/mol. The van der Waals surface area contributed by atoms with Crippen LogP contribution >= 0.6 is 0 Å². The van der Waals surface area contributed by atoms with E-state index < -0.39 is 5.97 Å². The third-order valence-corrected chi connectivity index (χ3v) is 4.10. The molecule has 1 saturated heterocycles. The Morgan fingerprint density at radius 2 is 2.10 bits per heavy atom. The molecule has 0 aliphatic carbocycles. The first-order valence-electron chi connectivity index (χ1n) is 7.19. The smallest absolute Gasteiger partial charge is 0.354 e. The average molecular weight is 277 g/mol. The standard InChI is InChI=1S/C15H23N3O2/c1-15(2,3)11-5-4-9-18(10-7-11)14-16-8-6-12(17-14)13(19)20/h6,8,11H,4-5,7,9-10H2,1-3H3,(H,19,20). The maximum absolute atomic E-state index is 11.0. The molecule has 1 unspecified atom stereocenters. The number of aromatic nitrogens is 2. The number of rotatable bonds is 2. The quantitative estimate of drug-likeness (QED) is 0.900. The summed E-state index contributed by atoms with van der Waals surface area (Å²) in [6.45, 7) is 8.65. The summed E-state index contributed by atoms with van der Waals surface area (Å²) in [5, 5.41) is 9.00. The van der Waals surface area contributed by atoms with E-state index in [1.54, 1.807) is 0 Å². The van der Waals surface area contributed by atoms with E-state index in [1.165, 1.54) is 18.7 Å². The monoisotopic (exact) mass is 277 g/mol. The average Bonchev–Trinajstić information content (AvgIpc) is 2.64. The van der Waals surface area contributed by atoms with Crippen LogP contribution in [-0.2, 0) is 0 Å². The van der Waals surface area contributed by atoms with Crippen LogP contribution in [0.25, 0.3) is 0 Å². The van der Waals surface area contributed by atoms with Gasteiger partial charge in [-0.15, -0.1) is 0 Å². The molecule has 0 amide bonds. The highest BCUT2D eigenvalue weighted by Gasteiger charge is 2.27. The fraction of sp³-hybridized carbons (Fsp3) is 0.667. The minimum absolute atomic E-state index is 0.0617. The molecule has 5 heteroatoms. The predicted octanol–water partition coefficient (Wildman–Crippen LogP) is 2.83. The van der Waals surface area contributed by atoms with E-state index >= 15 is 0 Å². The van der Waals surface area contributed by atoms with Crippen molar-refractivity contribution in [3.63, 3.8) is 0 Å². The Hall–Kier alpha value is -1.65. The first-order valence-corrected chi connectivity index (χ1v) is 7.19. The van der Waals surface area contributed by atoms with Crippen molar-refractivity contribution in [1.82, 2.24) is 9.97 Å². The van der Waals surface area contributed by atoms with Crippen LogP contribution in [0.2, 0.25) is 0 Å². The topological polar surface area (TPSA) is 66.3 Å². The molecule has 0 bridgehead atoms. The highest BCUT2D eigenvalue weighted by atomic mass is 16.4. The second-order valence-corrected chi connectivity index (χ2v) is 6.53. The second kappa shape index (κ2) is 5.77. The van der Waals surface area contributed by atoms with Crippen molar-refractivity contribution in [2.75, 3.05) is 18.0 Å². The highest BCUT2D eigenvalue weighted by Crippen LogP contribution is 2.34. The number of aromatic carboxylic acids is 1. The summed E-state index contributed by atoms with van der Waals surface area (Å²) in [5.41, 5.74) is 0.381. The number of hydrogen-bond acceptors (Lipinski definition) is 4. The minimum atomic E-state index is -1.00. The number of carboxylic acids is 1. The zero-order valence-corrected chi connectivity index (χ0v) is 12.5. The Bertz CT molecular complexity index is 482. The fourth-order valence-corrected chi connectivity index (χ4v) is 2.78. The summed E-state index contributed by atoms with van der Waals surface area (Å²) in [6, 6.07) is 1.43. The van der Waals surface area contributed by atoms with E-state index in [2.05, 4.69) is 35.6 Å². The van der Waals surface area contributed by atoms with Gasteiger partial charge in [-0.3, -0.25) is 0 Å². The third kappa shape index (κ3) is 3.46. The van der Waals surface area contributed by atoms with Gasteiger partial charge in [-0.2, -0.15) is 0 Å². The van der Waals surface area contributed by atoms with E-state index in [-0.39, 0.29) is 5.69 Å². The van der Waals surface area contributed by atoms with Crippen molar-refractivity contribution in [3.8, 4) is 0 Å². The molecule has 0 aromatic carbocycles. The molecule has 1 aromatic rings. The van der Waals surface area contributed by atoms with Crippen molar-refractivity contribution in [1.29, 1.82) is 0 Å². The minimum Gasteiger partial charge on any atom is -0.477 e. The molecule has 1 aromatic heterocycles. The molecule has 1 atom stereocenters. The lowest BCUT2D eigenvalue weighted by atomic mass is 9.77. The van der Waals surface area contributed by atoms with Gasteiger partial charge in [-0.25, -0.2) is 14.8 Å². The van der Waals surface area contributed by atoms with E-state index in [4.69, 9.17) is 5.11 Å². The van der Waals surface area contributed by atoms with Crippen molar-refractivity contribution in [3.05, 3.63) is 18.0 Å². The molecule has 20 heavy (non-hydrogen) atoms. The first-order chi connectivity index (χ1) is 9.38. The number of carbonyl (C=O) groups is 1. The summed E-state index contributed by atoms with van der Waals surface area (Å²) in [6.07, 6.45) is 4.93. The molecule has 1 aliphatic heterocycles. The molecule has 1 N–H and O–H groups in total. The molecule has 2 rings (SSSR count). The molecule has 0 radical (unpaired) electrons. The normalized spacial score (nSPS) is 20.6. The number of nitrogens with zero attached hydrogens (tertiary/aromatic N) is 3. The molecule has 0 spiro atoms. The number of hydrogen-bond donors (Lipinski definition) is 1. The first kappa shape index (κ1) is 14.8. The number of anilines is 1. The van der Waals surface area contributed by atoms with Crippen molar-refractivity contribution >= 4 is 11.9 Å². The maximum atomic E-state index is 11.0. The van der Waals surface area contributed by atoms with Gasteiger partial charge in [0.05, 0.1) is 0 Å². The van der Waals surface area contributed by atoms with Gasteiger partial charge in [0.25, 0.3) is 0 Å². The summed E-state index contributed by atoms with van der Waals surface area (Å²) < 4.78 is 0. The SMILES string of the molecule is CC(C)(C)C1CCCN(c2nccc(C(=O)O)n2)CC1. The van der Waals surface area contributed by atoms with Crippen molar-refractivity contribution in [2.45, 2.75) is 40.0 Å². The molecule has 1 fully saturated rings. The van der Waals surface area contributed by atoms with Crippen LogP contribution in [0.5, 0.6) is 0 Å². The Morgan fingerprint density at radius 1 is 1.35 bits per heavy atom. The summed E-state index contributed by atoms with van der Waals surface area (Å²) in [7, 11) is 0. The van der Waals surface area contributed by atoms with Gasteiger partial charge in [-0.1, -0.05) is 20.8 Å². The Balaban J connectivity index is 2.11. The predicted molar refractivity (Wildman–Crippen MR) is 78.0 cm³/mol. The van der Waals surface area contributed by atoms with Gasteiger partial charge in [0.2, 0.25) is 5.95 Å². The van der Waals surface area contributed by atoms with Gasteiger partial charge in [0.1, 0.15) is 0 Å². The van der Waals surface area contributed by atoms with Gasteiger partial charge >= 0.3 is 5.97 Å². The molecule has 1 aliphatic rings. The Labute approximate surface area is 120 Å². The summed E-state index contributed by atoms with van der Waals surface area (Å²) in [5.74, 6) is 0.227. The lowest BCUT2D eigenvalue weighted by Crippen LogP contribution is -2.28. The van der Waals surface area contributed by atoms with Crippen LogP contribution in [0.15, 0.2) is 12.3 Å². The molecule has 0 saturated carbocycles. The van der Waals surface area contributed by atoms with E-state index in [1.807, 2.05) is 0 Å². The zero-order chi connectivity index (χ0) is 14.8. The largest absolute Gasteiger partial charge is 0.477 e. The Morgan fingerprint density at radius 3 is 2.75 bits per heavy atom. The summed E-state index contributed by atoms with van der Waals surface area (Å²) in [4.78, 5) is 21.5. The van der Waals surface area contributed by atoms with Crippen LogP contribution in [0, 0.1) is 11.3 Å².